The van der Waals surface area contributed by atoms with Crippen molar-refractivity contribution in [2.24, 2.45) is 0 Å². The number of ether oxygens (including phenoxy) is 1. The van der Waals surface area contributed by atoms with E-state index in [1.54, 1.807) is 0 Å². The van der Waals surface area contributed by atoms with Crippen molar-refractivity contribution in [3.63, 3.8) is 0 Å². The zero-order valence-electron chi connectivity index (χ0n) is 21.6. The Bertz CT molecular complexity index is 1090. The molecule has 3 heteroatoms. The van der Waals surface area contributed by atoms with Crippen LogP contribution in [-0.4, -0.2) is 30.1 Å². The van der Waals surface area contributed by atoms with Gasteiger partial charge in [-0.1, -0.05) is 93.6 Å². The Kier molecular flexibility index (Phi) is 8.10. The van der Waals surface area contributed by atoms with Gasteiger partial charge >= 0.3 is 0 Å². The van der Waals surface area contributed by atoms with Crippen molar-refractivity contribution in [3.8, 4) is 5.75 Å². The van der Waals surface area contributed by atoms with Gasteiger partial charge in [-0.25, -0.2) is 0 Å². The van der Waals surface area contributed by atoms with Crippen molar-refractivity contribution >= 4 is 5.57 Å². The smallest absolute Gasteiger partial charge is 0.127 e. The molecular formula is C32H39NO2. The first-order valence-corrected chi connectivity index (χ1v) is 12.8. The van der Waals surface area contributed by atoms with Gasteiger partial charge in [-0.3, -0.25) is 0 Å². The van der Waals surface area contributed by atoms with Crippen LogP contribution in [0.25, 0.3) is 5.57 Å². The van der Waals surface area contributed by atoms with Crippen molar-refractivity contribution in [1.29, 1.82) is 0 Å². The van der Waals surface area contributed by atoms with E-state index in [1.165, 1.54) is 27.8 Å². The third kappa shape index (κ3) is 6.42. The first-order valence-electron chi connectivity index (χ1n) is 12.8. The Hall–Kier alpha value is -2.88. The largest absolute Gasteiger partial charge is 0.488 e. The van der Waals surface area contributed by atoms with Gasteiger partial charge in [-0.2, -0.15) is 0 Å². The minimum Gasteiger partial charge on any atom is -0.488 e. The molecule has 0 radical (unpaired) electrons. The minimum atomic E-state index is -0.404. The predicted molar refractivity (Wildman–Crippen MR) is 146 cm³/mol. The first-order chi connectivity index (χ1) is 16.8. The van der Waals surface area contributed by atoms with Crippen molar-refractivity contribution in [2.75, 3.05) is 20.1 Å². The molecule has 0 aromatic heterocycles. The Morgan fingerprint density at radius 2 is 1.60 bits per heavy atom. The third-order valence-electron chi connectivity index (χ3n) is 6.91. The summed E-state index contributed by atoms with van der Waals surface area (Å²) in [6, 6.07) is 25.3. The molecule has 3 aromatic carbocycles. The molecule has 0 spiro atoms. The monoisotopic (exact) mass is 469 g/mol. The molecule has 0 saturated heterocycles. The number of para-hydroxylation sites is 1. The van der Waals surface area contributed by atoms with Crippen LogP contribution in [0.15, 0.2) is 78.9 Å². The second-order valence-corrected chi connectivity index (χ2v) is 10.7. The third-order valence-corrected chi connectivity index (χ3v) is 6.91. The normalized spacial score (nSPS) is 15.3. The van der Waals surface area contributed by atoms with Crippen molar-refractivity contribution in [1.82, 2.24) is 4.90 Å². The van der Waals surface area contributed by atoms with Gasteiger partial charge in [0.05, 0.1) is 6.10 Å². The zero-order chi connectivity index (χ0) is 24.8. The van der Waals surface area contributed by atoms with Gasteiger partial charge in [0.25, 0.3) is 0 Å². The Labute approximate surface area is 211 Å². The zero-order valence-corrected chi connectivity index (χ0v) is 21.6. The lowest BCUT2D eigenvalue weighted by Crippen LogP contribution is -2.21. The lowest BCUT2D eigenvalue weighted by Gasteiger charge is -2.20. The Morgan fingerprint density at radius 1 is 0.914 bits per heavy atom. The van der Waals surface area contributed by atoms with Crippen LogP contribution in [0.3, 0.4) is 0 Å². The molecule has 1 atom stereocenters. The summed E-state index contributed by atoms with van der Waals surface area (Å²) in [5.41, 5.74) is 7.37. The highest BCUT2D eigenvalue weighted by Gasteiger charge is 2.18. The summed E-state index contributed by atoms with van der Waals surface area (Å²) >= 11 is 0. The summed E-state index contributed by atoms with van der Waals surface area (Å²) in [5.74, 6) is 0.952. The van der Waals surface area contributed by atoms with E-state index < -0.39 is 6.10 Å². The molecule has 0 saturated carbocycles. The summed E-state index contributed by atoms with van der Waals surface area (Å²) in [4.78, 5) is 2.36. The Balaban J connectivity index is 1.32. The number of rotatable bonds is 8. The van der Waals surface area contributed by atoms with Gasteiger partial charge < -0.3 is 14.7 Å². The van der Waals surface area contributed by atoms with Crippen molar-refractivity contribution in [3.05, 3.63) is 107 Å². The van der Waals surface area contributed by atoms with E-state index in [2.05, 4.69) is 106 Å². The number of fused-ring (bicyclic) bond motifs is 2. The highest BCUT2D eigenvalue weighted by molar-refractivity contribution is 5.84. The highest BCUT2D eigenvalue weighted by atomic mass is 16.5. The summed E-state index contributed by atoms with van der Waals surface area (Å²) in [7, 11) is 2.17. The van der Waals surface area contributed by atoms with E-state index in [0.717, 1.165) is 43.7 Å². The van der Waals surface area contributed by atoms with Crippen molar-refractivity contribution < 1.29 is 9.84 Å². The molecule has 1 aliphatic rings. The van der Waals surface area contributed by atoms with Crippen LogP contribution < -0.4 is 4.74 Å². The van der Waals surface area contributed by atoms with Crippen LogP contribution in [0.4, 0.5) is 0 Å². The van der Waals surface area contributed by atoms with Gasteiger partial charge in [-0.05, 0) is 72.2 Å². The van der Waals surface area contributed by atoms with Crippen LogP contribution >= 0.6 is 0 Å². The molecule has 0 fully saturated rings. The lowest BCUT2D eigenvalue weighted by molar-refractivity contribution is 0.158. The second kappa shape index (κ2) is 11.2. The van der Waals surface area contributed by atoms with E-state index in [1.807, 2.05) is 6.07 Å². The molecule has 0 bridgehead atoms. The van der Waals surface area contributed by atoms with Gasteiger partial charge in [0, 0.05) is 12.1 Å². The van der Waals surface area contributed by atoms with Gasteiger partial charge in [0.15, 0.2) is 0 Å². The van der Waals surface area contributed by atoms with E-state index in [-0.39, 0.29) is 5.41 Å². The predicted octanol–water partition coefficient (Wildman–Crippen LogP) is 7.14. The fraction of sp³-hybridized carbons (Fsp3) is 0.375. The Morgan fingerprint density at radius 3 is 2.34 bits per heavy atom. The molecule has 3 aromatic rings. The average molecular weight is 470 g/mol. The molecule has 1 heterocycles. The maximum atomic E-state index is 10.6. The molecule has 184 valence electrons. The molecule has 1 N–H and O–H groups in total. The lowest BCUT2D eigenvalue weighted by atomic mass is 9.86. The number of hydrogen-bond acceptors (Lipinski definition) is 3. The van der Waals surface area contributed by atoms with Crippen LogP contribution in [-0.2, 0) is 12.0 Å². The average Bonchev–Trinajstić information content (AvgIpc) is 3.01. The number of aliphatic hydroxyl groups is 1. The van der Waals surface area contributed by atoms with Crippen LogP contribution in [0.2, 0.25) is 0 Å². The summed E-state index contributed by atoms with van der Waals surface area (Å²) in [5, 5.41) is 10.6. The fourth-order valence-corrected chi connectivity index (χ4v) is 4.71. The standard InChI is InChI=1S/C32H39NO2/c1-32(2,3)26-19-17-24(18-20-26)30(34)15-10-22-33(4)21-9-14-28-27-12-6-5-11-25(27)23-35-31-16-8-7-13-29(28)31/h5-8,11-14,16-20,30,34H,9-10,15,21-23H2,1-4H3. The van der Waals surface area contributed by atoms with Crippen molar-refractivity contribution in [2.45, 2.75) is 58.2 Å². The quantitative estimate of drug-likeness (QED) is 0.380. The summed E-state index contributed by atoms with van der Waals surface area (Å²) in [6.07, 6.45) is 4.66. The first kappa shape index (κ1) is 25.2. The molecule has 4 rings (SSSR count). The highest BCUT2D eigenvalue weighted by Crippen LogP contribution is 2.36. The summed E-state index contributed by atoms with van der Waals surface area (Å²) in [6.45, 7) is 9.19. The molecule has 1 aliphatic heterocycles. The number of aliphatic hydroxyl groups excluding tert-OH is 1. The van der Waals surface area contributed by atoms with Crippen LogP contribution in [0, 0.1) is 0 Å². The van der Waals surface area contributed by atoms with E-state index in [4.69, 9.17) is 4.74 Å². The molecule has 3 nitrogen and oxygen atoms in total. The topological polar surface area (TPSA) is 32.7 Å². The van der Waals surface area contributed by atoms with Gasteiger partial charge in [-0.15, -0.1) is 0 Å². The van der Waals surface area contributed by atoms with E-state index in [9.17, 15) is 5.11 Å². The minimum absolute atomic E-state index is 0.134. The van der Waals surface area contributed by atoms with Crippen LogP contribution in [0.1, 0.15) is 74.0 Å². The molecule has 0 amide bonds. The van der Waals surface area contributed by atoms with Crippen LogP contribution in [0.5, 0.6) is 5.75 Å². The van der Waals surface area contributed by atoms with Gasteiger partial charge in [0.1, 0.15) is 12.4 Å². The maximum Gasteiger partial charge on any atom is 0.127 e. The second-order valence-electron chi connectivity index (χ2n) is 10.7. The number of nitrogens with zero attached hydrogens (tertiary/aromatic N) is 1. The van der Waals surface area contributed by atoms with E-state index in [0.29, 0.717) is 6.61 Å². The summed E-state index contributed by atoms with van der Waals surface area (Å²) < 4.78 is 6.09. The molecule has 1 unspecified atom stereocenters. The maximum absolute atomic E-state index is 10.6. The molecule has 0 aliphatic carbocycles. The van der Waals surface area contributed by atoms with E-state index >= 15 is 0 Å². The number of hydrogen-bond donors (Lipinski definition) is 1. The fourth-order valence-electron chi connectivity index (χ4n) is 4.71. The SMILES string of the molecule is CN(CCC=C1c2ccccc2COc2ccccc21)CCCC(O)c1ccc(C(C)(C)C)cc1. The molecule has 35 heavy (non-hydrogen) atoms. The van der Waals surface area contributed by atoms with Gasteiger partial charge in [0.2, 0.25) is 0 Å². The molecular weight excluding hydrogens is 430 g/mol. The number of benzene rings is 3.